The highest BCUT2D eigenvalue weighted by Gasteiger charge is 2.23. The summed E-state index contributed by atoms with van der Waals surface area (Å²) in [4.78, 5) is 31.0. The minimum atomic E-state index is -0.737. The summed E-state index contributed by atoms with van der Waals surface area (Å²) < 4.78 is 5.15. The predicted octanol–water partition coefficient (Wildman–Crippen LogP) is 0.937. The second-order valence-corrected chi connectivity index (χ2v) is 4.82. The van der Waals surface area contributed by atoms with Gasteiger partial charge in [0.1, 0.15) is 17.3 Å². The molecule has 6 heteroatoms. The predicted molar refractivity (Wildman–Crippen MR) is 64.8 cm³/mol. The van der Waals surface area contributed by atoms with Gasteiger partial charge in [-0.05, 0) is 27.7 Å². The zero-order valence-electron chi connectivity index (χ0n) is 10.9. The Morgan fingerprint density at radius 2 is 2.00 bits per heavy atom. The molecule has 0 aromatic carbocycles. The van der Waals surface area contributed by atoms with Gasteiger partial charge < -0.3 is 10.1 Å². The van der Waals surface area contributed by atoms with Crippen molar-refractivity contribution in [3.8, 4) is 0 Å². The van der Waals surface area contributed by atoms with Crippen LogP contribution in [0.2, 0.25) is 0 Å². The Hall–Kier alpha value is -1.98. The normalized spacial score (nSPS) is 12.7. The molecule has 0 saturated carbocycles. The van der Waals surface area contributed by atoms with Crippen molar-refractivity contribution in [3.63, 3.8) is 0 Å². The second-order valence-electron chi connectivity index (χ2n) is 4.82. The third-order valence-corrected chi connectivity index (χ3v) is 1.90. The molecule has 98 valence electrons. The molecule has 0 aliphatic carbocycles. The molecule has 1 atom stereocenters. The maximum atomic E-state index is 11.7. The van der Waals surface area contributed by atoms with E-state index in [4.69, 9.17) is 4.74 Å². The molecule has 1 N–H and O–H groups in total. The Balaban J connectivity index is 2.58. The van der Waals surface area contributed by atoms with E-state index in [1.807, 2.05) is 0 Å². The number of nitrogens with zero attached hydrogens (tertiary/aromatic N) is 2. The van der Waals surface area contributed by atoms with Crippen molar-refractivity contribution in [2.24, 2.45) is 0 Å². The first kappa shape index (κ1) is 14.1. The Bertz CT molecular complexity index is 426. The summed E-state index contributed by atoms with van der Waals surface area (Å²) in [6, 6.07) is -0.737. The largest absolute Gasteiger partial charge is 0.458 e. The van der Waals surface area contributed by atoms with Crippen molar-refractivity contribution in [1.82, 2.24) is 15.3 Å². The van der Waals surface area contributed by atoms with Crippen LogP contribution < -0.4 is 5.32 Å². The number of nitrogens with one attached hydrogen (secondary N) is 1. The van der Waals surface area contributed by atoms with Crippen LogP contribution in [0, 0.1) is 0 Å². The van der Waals surface area contributed by atoms with Crippen LogP contribution in [0.1, 0.15) is 38.2 Å². The van der Waals surface area contributed by atoms with Crippen LogP contribution in [0.4, 0.5) is 0 Å². The Morgan fingerprint density at radius 1 is 1.33 bits per heavy atom. The van der Waals surface area contributed by atoms with Crippen LogP contribution in [0.3, 0.4) is 0 Å². The fourth-order valence-electron chi connectivity index (χ4n) is 1.14. The van der Waals surface area contributed by atoms with Gasteiger partial charge in [-0.1, -0.05) is 0 Å². The van der Waals surface area contributed by atoms with Crippen LogP contribution in [0.5, 0.6) is 0 Å². The minimum Gasteiger partial charge on any atom is -0.458 e. The molecular formula is C12H17N3O3. The number of hydrogen-bond acceptors (Lipinski definition) is 5. The summed E-state index contributed by atoms with van der Waals surface area (Å²) in [5.74, 6) is -0.943. The minimum absolute atomic E-state index is 0.160. The summed E-state index contributed by atoms with van der Waals surface area (Å²) >= 11 is 0. The average Bonchev–Trinajstić information content (AvgIpc) is 2.27. The number of carbonyl (C=O) groups is 2. The summed E-state index contributed by atoms with van der Waals surface area (Å²) in [6.45, 7) is 6.86. The lowest BCUT2D eigenvalue weighted by molar-refractivity contribution is -0.156. The zero-order valence-corrected chi connectivity index (χ0v) is 10.9. The van der Waals surface area contributed by atoms with Gasteiger partial charge in [-0.2, -0.15) is 0 Å². The maximum absolute atomic E-state index is 11.7. The molecule has 0 saturated heterocycles. The van der Waals surface area contributed by atoms with Crippen LogP contribution >= 0.6 is 0 Å². The van der Waals surface area contributed by atoms with Crippen LogP contribution in [0.25, 0.3) is 0 Å². The van der Waals surface area contributed by atoms with E-state index in [0.29, 0.717) is 0 Å². The number of carbonyl (C=O) groups excluding carboxylic acids is 2. The lowest BCUT2D eigenvalue weighted by Gasteiger charge is -2.22. The van der Waals surface area contributed by atoms with E-state index in [1.54, 1.807) is 27.7 Å². The fourth-order valence-corrected chi connectivity index (χ4v) is 1.14. The molecule has 18 heavy (non-hydrogen) atoms. The van der Waals surface area contributed by atoms with E-state index in [1.165, 1.54) is 18.6 Å². The highest BCUT2D eigenvalue weighted by atomic mass is 16.6. The van der Waals surface area contributed by atoms with Crippen molar-refractivity contribution in [1.29, 1.82) is 0 Å². The van der Waals surface area contributed by atoms with Gasteiger partial charge in [0.15, 0.2) is 0 Å². The summed E-state index contributed by atoms with van der Waals surface area (Å²) in [7, 11) is 0. The first-order chi connectivity index (χ1) is 8.29. The van der Waals surface area contributed by atoms with Gasteiger partial charge >= 0.3 is 5.97 Å². The summed E-state index contributed by atoms with van der Waals surface area (Å²) in [6.07, 6.45) is 4.21. The SMILES string of the molecule is C[C@H](NC(=O)c1cnccn1)C(=O)OC(C)(C)C. The highest BCUT2D eigenvalue weighted by molar-refractivity contribution is 5.94. The lowest BCUT2D eigenvalue weighted by atomic mass is 10.2. The standard InChI is InChI=1S/C12H17N3O3/c1-8(11(17)18-12(2,3)4)15-10(16)9-7-13-5-6-14-9/h5-8H,1-4H3,(H,15,16)/t8-/m0/s1. The molecule has 0 spiro atoms. The smallest absolute Gasteiger partial charge is 0.328 e. The summed E-state index contributed by atoms with van der Waals surface area (Å²) in [5, 5.41) is 2.50. The molecular weight excluding hydrogens is 234 g/mol. The number of rotatable bonds is 3. The third-order valence-electron chi connectivity index (χ3n) is 1.90. The van der Waals surface area contributed by atoms with Gasteiger partial charge in [0.25, 0.3) is 5.91 Å². The van der Waals surface area contributed by atoms with E-state index in [0.717, 1.165) is 0 Å². The van der Waals surface area contributed by atoms with Crippen molar-refractivity contribution >= 4 is 11.9 Å². The van der Waals surface area contributed by atoms with Gasteiger partial charge in [-0.3, -0.25) is 9.78 Å². The van der Waals surface area contributed by atoms with Crippen molar-refractivity contribution in [2.45, 2.75) is 39.3 Å². The number of aromatic nitrogens is 2. The number of hydrogen-bond donors (Lipinski definition) is 1. The number of esters is 1. The molecule has 1 rings (SSSR count). The number of amides is 1. The van der Waals surface area contributed by atoms with Gasteiger partial charge in [-0.15, -0.1) is 0 Å². The molecule has 0 aliphatic heterocycles. The second kappa shape index (κ2) is 5.57. The fraction of sp³-hybridized carbons (Fsp3) is 0.500. The molecule has 0 radical (unpaired) electrons. The molecule has 0 aliphatic rings. The zero-order chi connectivity index (χ0) is 13.8. The molecule has 0 bridgehead atoms. The van der Waals surface area contributed by atoms with E-state index in [2.05, 4.69) is 15.3 Å². The molecule has 1 aromatic rings. The monoisotopic (exact) mass is 251 g/mol. The van der Waals surface area contributed by atoms with E-state index in [9.17, 15) is 9.59 Å². The third kappa shape index (κ3) is 4.48. The first-order valence-electron chi connectivity index (χ1n) is 5.59. The molecule has 6 nitrogen and oxygen atoms in total. The van der Waals surface area contributed by atoms with Crippen molar-refractivity contribution < 1.29 is 14.3 Å². The molecule has 0 unspecified atom stereocenters. The Labute approximate surface area is 106 Å². The van der Waals surface area contributed by atoms with Gasteiger partial charge in [-0.25, -0.2) is 9.78 Å². The topological polar surface area (TPSA) is 81.2 Å². The van der Waals surface area contributed by atoms with E-state index >= 15 is 0 Å². The average molecular weight is 251 g/mol. The molecule has 0 fully saturated rings. The highest BCUT2D eigenvalue weighted by Crippen LogP contribution is 2.08. The lowest BCUT2D eigenvalue weighted by Crippen LogP contribution is -2.42. The molecule has 1 aromatic heterocycles. The van der Waals surface area contributed by atoms with Crippen LogP contribution in [-0.2, 0) is 9.53 Å². The summed E-state index contributed by atoms with van der Waals surface area (Å²) in [5.41, 5.74) is -0.421. The van der Waals surface area contributed by atoms with Gasteiger partial charge in [0, 0.05) is 12.4 Å². The molecule has 1 amide bonds. The van der Waals surface area contributed by atoms with E-state index < -0.39 is 23.5 Å². The Kier molecular flexibility index (Phi) is 4.36. The quantitative estimate of drug-likeness (QED) is 0.808. The number of ether oxygens (including phenoxy) is 1. The van der Waals surface area contributed by atoms with Crippen LogP contribution in [0.15, 0.2) is 18.6 Å². The van der Waals surface area contributed by atoms with Crippen LogP contribution in [-0.4, -0.2) is 33.5 Å². The van der Waals surface area contributed by atoms with Crippen molar-refractivity contribution in [3.05, 3.63) is 24.3 Å². The molecule has 1 heterocycles. The van der Waals surface area contributed by atoms with E-state index in [-0.39, 0.29) is 5.69 Å². The Morgan fingerprint density at radius 3 is 2.50 bits per heavy atom. The van der Waals surface area contributed by atoms with Crippen molar-refractivity contribution in [2.75, 3.05) is 0 Å². The maximum Gasteiger partial charge on any atom is 0.328 e. The van der Waals surface area contributed by atoms with Gasteiger partial charge in [0.2, 0.25) is 0 Å². The van der Waals surface area contributed by atoms with Gasteiger partial charge in [0.05, 0.1) is 6.20 Å². The first-order valence-corrected chi connectivity index (χ1v) is 5.59.